The van der Waals surface area contributed by atoms with Gasteiger partial charge in [0.05, 0.1) is 7.11 Å². The van der Waals surface area contributed by atoms with Gasteiger partial charge in [-0.2, -0.15) is 5.26 Å². The first kappa shape index (κ1) is 18.9. The van der Waals surface area contributed by atoms with Crippen LogP contribution in [0.4, 0.5) is 0 Å². The first-order chi connectivity index (χ1) is 13.5. The molecule has 3 aromatic rings. The van der Waals surface area contributed by atoms with Gasteiger partial charge in [0.15, 0.2) is 0 Å². The highest BCUT2D eigenvalue weighted by atomic mass is 16.5. The van der Waals surface area contributed by atoms with E-state index in [4.69, 9.17) is 13.9 Å². The largest absolute Gasteiger partial charge is 0.497 e. The third-order valence-corrected chi connectivity index (χ3v) is 4.12. The summed E-state index contributed by atoms with van der Waals surface area (Å²) < 4.78 is 15.5. The topological polar surface area (TPSA) is 89.5 Å². The van der Waals surface area contributed by atoms with E-state index in [0.29, 0.717) is 22.3 Å². The Hall–Kier alpha value is -3.85. The number of hydrogen-bond acceptors (Lipinski definition) is 6. The van der Waals surface area contributed by atoms with Crippen molar-refractivity contribution in [1.29, 1.82) is 5.26 Å². The van der Waals surface area contributed by atoms with E-state index in [1.807, 2.05) is 37.3 Å². The molecule has 0 N–H and O–H groups in total. The van der Waals surface area contributed by atoms with Gasteiger partial charge in [-0.15, -0.1) is 0 Å². The zero-order chi connectivity index (χ0) is 20.1. The molecule has 6 nitrogen and oxygen atoms in total. The Bertz CT molecular complexity index is 1150. The van der Waals surface area contributed by atoms with Crippen LogP contribution in [0.5, 0.6) is 5.75 Å². The zero-order valence-electron chi connectivity index (χ0n) is 15.4. The predicted molar refractivity (Wildman–Crippen MR) is 104 cm³/mol. The molecule has 0 spiro atoms. The molecule has 0 unspecified atom stereocenters. The van der Waals surface area contributed by atoms with Gasteiger partial charge in [0.25, 0.3) is 0 Å². The summed E-state index contributed by atoms with van der Waals surface area (Å²) in [6.07, 6.45) is 1.46. The van der Waals surface area contributed by atoms with Gasteiger partial charge >= 0.3 is 11.6 Å². The lowest BCUT2D eigenvalue weighted by Crippen LogP contribution is -2.09. The number of rotatable bonds is 5. The van der Waals surface area contributed by atoms with E-state index in [0.717, 1.165) is 11.1 Å². The van der Waals surface area contributed by atoms with Gasteiger partial charge in [-0.05, 0) is 30.7 Å². The number of ether oxygens (including phenoxy) is 2. The average molecular weight is 375 g/mol. The minimum atomic E-state index is -0.766. The van der Waals surface area contributed by atoms with Gasteiger partial charge in [-0.1, -0.05) is 29.8 Å². The van der Waals surface area contributed by atoms with E-state index in [-0.39, 0.29) is 12.2 Å². The SMILES string of the molecule is COc1ccc2c(COC(=O)/C(C#N)=C/c3ccc(C)cc3)cc(=O)oc2c1. The second kappa shape index (κ2) is 8.23. The summed E-state index contributed by atoms with van der Waals surface area (Å²) in [4.78, 5) is 24.1. The quantitative estimate of drug-likeness (QED) is 0.292. The van der Waals surface area contributed by atoms with Crippen LogP contribution in [0, 0.1) is 18.3 Å². The summed E-state index contributed by atoms with van der Waals surface area (Å²) in [6.45, 7) is 1.78. The summed E-state index contributed by atoms with van der Waals surface area (Å²) in [5.41, 5.74) is 1.91. The Balaban J connectivity index is 1.83. The number of esters is 1. The molecule has 0 saturated carbocycles. The van der Waals surface area contributed by atoms with Gasteiger partial charge < -0.3 is 13.9 Å². The van der Waals surface area contributed by atoms with Gasteiger partial charge in [0, 0.05) is 23.1 Å². The molecule has 3 rings (SSSR count). The number of carbonyl (C=O) groups excluding carboxylic acids is 1. The maximum atomic E-state index is 12.3. The Kier molecular flexibility index (Phi) is 5.56. The van der Waals surface area contributed by atoms with Crippen LogP contribution in [0.2, 0.25) is 0 Å². The van der Waals surface area contributed by atoms with Gasteiger partial charge in [0.2, 0.25) is 0 Å². The molecular formula is C22H17NO5. The molecule has 0 atom stereocenters. The van der Waals surface area contributed by atoms with Crippen molar-refractivity contribution in [2.24, 2.45) is 0 Å². The highest BCUT2D eigenvalue weighted by Crippen LogP contribution is 2.23. The van der Waals surface area contributed by atoms with Crippen molar-refractivity contribution >= 4 is 23.0 Å². The van der Waals surface area contributed by atoms with Crippen molar-refractivity contribution in [3.8, 4) is 11.8 Å². The zero-order valence-corrected chi connectivity index (χ0v) is 15.4. The molecule has 0 bridgehead atoms. The second-order valence-electron chi connectivity index (χ2n) is 6.11. The lowest BCUT2D eigenvalue weighted by atomic mass is 10.1. The van der Waals surface area contributed by atoms with Crippen molar-refractivity contribution in [3.05, 3.63) is 81.2 Å². The summed E-state index contributed by atoms with van der Waals surface area (Å²) >= 11 is 0. The average Bonchev–Trinajstić information content (AvgIpc) is 2.70. The van der Waals surface area contributed by atoms with E-state index in [1.54, 1.807) is 18.2 Å². The third-order valence-electron chi connectivity index (χ3n) is 4.12. The van der Waals surface area contributed by atoms with Gasteiger partial charge in [-0.3, -0.25) is 0 Å². The molecule has 0 radical (unpaired) electrons. The minimum Gasteiger partial charge on any atom is -0.497 e. The Labute approximate surface area is 161 Å². The number of nitriles is 1. The van der Waals surface area contributed by atoms with E-state index >= 15 is 0 Å². The predicted octanol–water partition coefficient (Wildman–Crippen LogP) is 3.76. The smallest absolute Gasteiger partial charge is 0.349 e. The maximum absolute atomic E-state index is 12.3. The Morgan fingerprint density at radius 3 is 2.61 bits per heavy atom. The lowest BCUT2D eigenvalue weighted by molar-refractivity contribution is -0.139. The molecule has 0 amide bonds. The van der Waals surface area contributed by atoms with Crippen LogP contribution in [0.3, 0.4) is 0 Å². The minimum absolute atomic E-state index is 0.127. The standard InChI is InChI=1S/C22H17NO5/c1-14-3-5-15(6-4-14)9-16(12-23)22(25)27-13-17-10-21(24)28-20-11-18(26-2)7-8-19(17)20/h3-11H,13H2,1-2H3/b16-9+. The number of aryl methyl sites for hydroxylation is 1. The van der Waals surface area contributed by atoms with Crippen molar-refractivity contribution in [2.75, 3.05) is 7.11 Å². The number of nitrogens with zero attached hydrogens (tertiary/aromatic N) is 1. The Morgan fingerprint density at radius 2 is 1.93 bits per heavy atom. The van der Waals surface area contributed by atoms with Crippen molar-refractivity contribution in [3.63, 3.8) is 0 Å². The number of fused-ring (bicyclic) bond motifs is 1. The fourth-order valence-electron chi connectivity index (χ4n) is 2.64. The fourth-order valence-corrected chi connectivity index (χ4v) is 2.64. The molecule has 6 heteroatoms. The van der Waals surface area contributed by atoms with E-state index in [9.17, 15) is 14.9 Å². The summed E-state index contributed by atoms with van der Waals surface area (Å²) in [6, 6.07) is 15.5. The molecule has 0 fully saturated rings. The van der Waals surface area contributed by atoms with Crippen LogP contribution in [-0.2, 0) is 16.1 Å². The molecule has 28 heavy (non-hydrogen) atoms. The van der Waals surface area contributed by atoms with E-state index < -0.39 is 11.6 Å². The summed E-state index contributed by atoms with van der Waals surface area (Å²) in [7, 11) is 1.51. The van der Waals surface area contributed by atoms with Gasteiger partial charge in [-0.25, -0.2) is 9.59 Å². The van der Waals surface area contributed by atoms with Crippen LogP contribution >= 0.6 is 0 Å². The summed E-state index contributed by atoms with van der Waals surface area (Å²) in [5, 5.41) is 9.90. The molecule has 0 saturated heterocycles. The van der Waals surface area contributed by atoms with Crippen LogP contribution in [0.15, 0.2) is 63.3 Å². The molecule has 0 aliphatic rings. The first-order valence-corrected chi connectivity index (χ1v) is 8.46. The number of methoxy groups -OCH3 is 1. The molecule has 140 valence electrons. The lowest BCUT2D eigenvalue weighted by Gasteiger charge is -2.08. The molecule has 2 aromatic carbocycles. The highest BCUT2D eigenvalue weighted by Gasteiger charge is 2.13. The van der Waals surface area contributed by atoms with Crippen LogP contribution in [0.25, 0.3) is 17.0 Å². The molecule has 0 aliphatic heterocycles. The molecular weight excluding hydrogens is 358 g/mol. The fraction of sp³-hybridized carbons (Fsp3) is 0.136. The highest BCUT2D eigenvalue weighted by molar-refractivity contribution is 5.98. The van der Waals surface area contributed by atoms with Crippen molar-refractivity contribution in [1.82, 2.24) is 0 Å². The molecule has 1 aromatic heterocycles. The molecule has 1 heterocycles. The maximum Gasteiger partial charge on any atom is 0.349 e. The second-order valence-corrected chi connectivity index (χ2v) is 6.11. The Morgan fingerprint density at radius 1 is 1.18 bits per heavy atom. The number of carbonyl (C=O) groups is 1. The number of hydrogen-bond donors (Lipinski definition) is 0. The third kappa shape index (κ3) is 4.27. The van der Waals surface area contributed by atoms with Crippen molar-refractivity contribution < 1.29 is 18.7 Å². The summed E-state index contributed by atoms with van der Waals surface area (Å²) in [5.74, 6) is -0.226. The van der Waals surface area contributed by atoms with Gasteiger partial charge in [0.1, 0.15) is 29.6 Å². The normalized spacial score (nSPS) is 11.1. The van der Waals surface area contributed by atoms with Crippen molar-refractivity contribution in [2.45, 2.75) is 13.5 Å². The number of benzene rings is 2. The molecule has 0 aliphatic carbocycles. The monoisotopic (exact) mass is 375 g/mol. The van der Waals surface area contributed by atoms with E-state index in [1.165, 1.54) is 19.3 Å². The van der Waals surface area contributed by atoms with Crippen LogP contribution < -0.4 is 10.4 Å². The van der Waals surface area contributed by atoms with E-state index in [2.05, 4.69) is 0 Å². The van der Waals surface area contributed by atoms with Crippen LogP contribution in [-0.4, -0.2) is 13.1 Å². The first-order valence-electron chi connectivity index (χ1n) is 8.46. The van der Waals surface area contributed by atoms with Crippen LogP contribution in [0.1, 0.15) is 16.7 Å².